The Morgan fingerprint density at radius 2 is 2.19 bits per heavy atom. The van der Waals surface area contributed by atoms with E-state index in [0.29, 0.717) is 19.2 Å². The number of rotatable bonds is 6. The smallest absolute Gasteiger partial charge is 0.317 e. The van der Waals surface area contributed by atoms with Crippen molar-refractivity contribution >= 4 is 17.4 Å². The summed E-state index contributed by atoms with van der Waals surface area (Å²) in [4.78, 5) is 16.4. The van der Waals surface area contributed by atoms with Gasteiger partial charge >= 0.3 is 6.03 Å². The van der Waals surface area contributed by atoms with Crippen LogP contribution >= 0.6 is 11.3 Å². The van der Waals surface area contributed by atoms with Crippen molar-refractivity contribution in [3.05, 3.63) is 22.4 Å². The largest absolute Gasteiger partial charge is 0.385 e. The van der Waals surface area contributed by atoms with Crippen molar-refractivity contribution in [2.75, 3.05) is 46.4 Å². The van der Waals surface area contributed by atoms with Gasteiger partial charge in [0, 0.05) is 52.5 Å². The van der Waals surface area contributed by atoms with Gasteiger partial charge in [0.05, 0.1) is 0 Å². The molecule has 1 aromatic heterocycles. The molecule has 2 rings (SSSR count). The van der Waals surface area contributed by atoms with Gasteiger partial charge in [-0.2, -0.15) is 11.3 Å². The molecule has 0 bridgehead atoms. The zero-order valence-electron chi connectivity index (χ0n) is 12.9. The molecule has 21 heavy (non-hydrogen) atoms. The van der Waals surface area contributed by atoms with Crippen LogP contribution in [0.5, 0.6) is 0 Å². The van der Waals surface area contributed by atoms with Crippen LogP contribution in [0.3, 0.4) is 0 Å². The second-order valence-electron chi connectivity index (χ2n) is 5.33. The van der Waals surface area contributed by atoms with Crippen LogP contribution in [0.25, 0.3) is 0 Å². The average molecular weight is 311 g/mol. The Balaban J connectivity index is 1.71. The summed E-state index contributed by atoms with van der Waals surface area (Å²) in [5.74, 6) is 0. The molecule has 1 saturated heterocycles. The molecule has 5 nitrogen and oxygen atoms in total. The molecular weight excluding hydrogens is 286 g/mol. The molecule has 118 valence electrons. The van der Waals surface area contributed by atoms with E-state index in [1.54, 1.807) is 18.4 Å². The lowest BCUT2D eigenvalue weighted by atomic mass is 10.1. The molecule has 0 aromatic carbocycles. The monoisotopic (exact) mass is 311 g/mol. The van der Waals surface area contributed by atoms with E-state index in [2.05, 4.69) is 34.0 Å². The van der Waals surface area contributed by atoms with E-state index in [9.17, 15) is 4.79 Å². The highest BCUT2D eigenvalue weighted by atomic mass is 32.1. The minimum atomic E-state index is 0.0499. The molecule has 0 radical (unpaired) electrons. The molecule has 6 heteroatoms. The van der Waals surface area contributed by atoms with Gasteiger partial charge in [0.1, 0.15) is 0 Å². The Labute approximate surface area is 130 Å². The highest BCUT2D eigenvalue weighted by Gasteiger charge is 2.24. The Bertz CT molecular complexity index is 417. The molecule has 1 fully saturated rings. The number of piperazine rings is 1. The minimum Gasteiger partial charge on any atom is -0.385 e. The standard InChI is InChI=1S/C15H25N3O2S/c1-13(14-4-11-21-12-14)17-6-8-18(9-7-17)15(19)16-5-3-10-20-2/h4,11-13H,3,5-10H2,1-2H3,(H,16,19)/t13-/m1/s1. The molecule has 0 spiro atoms. The van der Waals surface area contributed by atoms with Crippen molar-refractivity contribution < 1.29 is 9.53 Å². The van der Waals surface area contributed by atoms with Gasteiger partial charge in [0.25, 0.3) is 0 Å². The SMILES string of the molecule is COCCCNC(=O)N1CCN([C@H](C)c2ccsc2)CC1. The van der Waals surface area contributed by atoms with Gasteiger partial charge in [0.2, 0.25) is 0 Å². The molecule has 1 N–H and O–H groups in total. The number of carbonyl (C=O) groups excluding carboxylic acids is 1. The molecule has 0 aliphatic carbocycles. The molecule has 0 saturated carbocycles. The van der Waals surface area contributed by atoms with E-state index in [1.807, 2.05) is 4.90 Å². The molecule has 1 atom stereocenters. The molecule has 2 amide bonds. The maximum absolute atomic E-state index is 12.0. The lowest BCUT2D eigenvalue weighted by Gasteiger charge is -2.37. The van der Waals surface area contributed by atoms with Crippen molar-refractivity contribution in [2.24, 2.45) is 0 Å². The number of hydrogen-bond donors (Lipinski definition) is 1. The number of nitrogens with one attached hydrogen (secondary N) is 1. The van der Waals surface area contributed by atoms with Crippen LogP contribution in [0.1, 0.15) is 24.9 Å². The van der Waals surface area contributed by atoms with E-state index in [1.165, 1.54) is 5.56 Å². The van der Waals surface area contributed by atoms with E-state index in [0.717, 1.165) is 32.6 Å². The lowest BCUT2D eigenvalue weighted by Crippen LogP contribution is -2.52. The first kappa shape index (κ1) is 16.3. The minimum absolute atomic E-state index is 0.0499. The number of ether oxygens (including phenoxy) is 1. The van der Waals surface area contributed by atoms with Gasteiger partial charge in [-0.1, -0.05) is 0 Å². The highest BCUT2D eigenvalue weighted by molar-refractivity contribution is 7.07. The Hall–Kier alpha value is -1.11. The molecular formula is C15H25N3O2S. The Morgan fingerprint density at radius 1 is 1.43 bits per heavy atom. The Morgan fingerprint density at radius 3 is 2.81 bits per heavy atom. The number of amides is 2. The summed E-state index contributed by atoms with van der Waals surface area (Å²) in [6.07, 6.45) is 0.859. The van der Waals surface area contributed by atoms with E-state index in [4.69, 9.17) is 4.74 Å². The average Bonchev–Trinajstić information content (AvgIpc) is 3.05. The normalized spacial score (nSPS) is 17.7. The number of hydrogen-bond acceptors (Lipinski definition) is 4. The topological polar surface area (TPSA) is 44.8 Å². The number of thiophene rings is 1. The first-order valence-corrected chi connectivity index (χ1v) is 8.44. The predicted molar refractivity (Wildman–Crippen MR) is 85.8 cm³/mol. The number of carbonyl (C=O) groups is 1. The quantitative estimate of drug-likeness (QED) is 0.819. The lowest BCUT2D eigenvalue weighted by molar-refractivity contribution is 0.113. The maximum atomic E-state index is 12.0. The van der Waals surface area contributed by atoms with Crippen LogP contribution in [-0.2, 0) is 4.74 Å². The molecule has 1 aromatic rings. The molecule has 1 aliphatic heterocycles. The zero-order chi connectivity index (χ0) is 15.1. The third-order valence-electron chi connectivity index (χ3n) is 3.98. The first-order valence-electron chi connectivity index (χ1n) is 7.50. The summed E-state index contributed by atoms with van der Waals surface area (Å²) in [7, 11) is 1.68. The van der Waals surface area contributed by atoms with Gasteiger partial charge in [0.15, 0.2) is 0 Å². The van der Waals surface area contributed by atoms with Gasteiger partial charge in [-0.25, -0.2) is 4.79 Å². The van der Waals surface area contributed by atoms with E-state index < -0.39 is 0 Å². The van der Waals surface area contributed by atoms with E-state index >= 15 is 0 Å². The summed E-state index contributed by atoms with van der Waals surface area (Å²) in [5.41, 5.74) is 1.37. The fourth-order valence-corrected chi connectivity index (χ4v) is 3.31. The van der Waals surface area contributed by atoms with Crippen LogP contribution in [0.15, 0.2) is 16.8 Å². The fraction of sp³-hybridized carbons (Fsp3) is 0.667. The Kier molecular flexibility index (Phi) is 6.48. The summed E-state index contributed by atoms with van der Waals surface area (Å²) in [6, 6.07) is 2.67. The van der Waals surface area contributed by atoms with Crippen molar-refractivity contribution in [2.45, 2.75) is 19.4 Å². The van der Waals surface area contributed by atoms with Crippen LogP contribution in [0.4, 0.5) is 4.79 Å². The van der Waals surface area contributed by atoms with Crippen molar-refractivity contribution in [1.29, 1.82) is 0 Å². The second kappa shape index (κ2) is 8.36. The van der Waals surface area contributed by atoms with Gasteiger partial charge in [-0.15, -0.1) is 0 Å². The summed E-state index contributed by atoms with van der Waals surface area (Å²) in [5, 5.41) is 7.28. The highest BCUT2D eigenvalue weighted by Crippen LogP contribution is 2.23. The molecule has 0 unspecified atom stereocenters. The first-order chi connectivity index (χ1) is 10.2. The van der Waals surface area contributed by atoms with Crippen molar-refractivity contribution in [3.8, 4) is 0 Å². The predicted octanol–water partition coefficient (Wildman–Crippen LogP) is 2.17. The van der Waals surface area contributed by atoms with Crippen LogP contribution in [-0.4, -0.2) is 62.3 Å². The summed E-state index contributed by atoms with van der Waals surface area (Å²) < 4.78 is 4.97. The third-order valence-corrected chi connectivity index (χ3v) is 4.68. The van der Waals surface area contributed by atoms with E-state index in [-0.39, 0.29) is 6.03 Å². The number of nitrogens with zero attached hydrogens (tertiary/aromatic N) is 2. The fourth-order valence-electron chi connectivity index (χ4n) is 2.56. The number of methoxy groups -OCH3 is 1. The zero-order valence-corrected chi connectivity index (χ0v) is 13.7. The summed E-state index contributed by atoms with van der Waals surface area (Å²) in [6.45, 7) is 7.06. The van der Waals surface area contributed by atoms with Crippen LogP contribution in [0.2, 0.25) is 0 Å². The van der Waals surface area contributed by atoms with Gasteiger partial charge in [-0.3, -0.25) is 4.90 Å². The van der Waals surface area contributed by atoms with Crippen molar-refractivity contribution in [1.82, 2.24) is 15.1 Å². The molecule has 1 aliphatic rings. The van der Waals surface area contributed by atoms with Gasteiger partial charge in [-0.05, 0) is 35.7 Å². The summed E-state index contributed by atoms with van der Waals surface area (Å²) >= 11 is 1.74. The third kappa shape index (κ3) is 4.69. The molecule has 2 heterocycles. The number of urea groups is 1. The maximum Gasteiger partial charge on any atom is 0.317 e. The van der Waals surface area contributed by atoms with Crippen LogP contribution in [0, 0.1) is 0 Å². The van der Waals surface area contributed by atoms with Gasteiger partial charge < -0.3 is 15.0 Å². The van der Waals surface area contributed by atoms with Crippen LogP contribution < -0.4 is 5.32 Å². The second-order valence-corrected chi connectivity index (χ2v) is 6.11. The van der Waals surface area contributed by atoms with Crippen molar-refractivity contribution in [3.63, 3.8) is 0 Å².